The van der Waals surface area contributed by atoms with E-state index in [1.54, 1.807) is 0 Å². The van der Waals surface area contributed by atoms with Crippen LogP contribution in [-0.2, 0) is 16.0 Å². The molecular formula is C26H28N6O3. The van der Waals surface area contributed by atoms with Crippen LogP contribution in [-0.4, -0.2) is 54.8 Å². The topological polar surface area (TPSA) is 94.6 Å². The van der Waals surface area contributed by atoms with E-state index in [0.717, 1.165) is 47.0 Å². The number of fused-ring (bicyclic) bond motifs is 1. The van der Waals surface area contributed by atoms with Gasteiger partial charge in [0.25, 0.3) is 5.91 Å². The van der Waals surface area contributed by atoms with Crippen LogP contribution in [0.3, 0.4) is 0 Å². The van der Waals surface area contributed by atoms with E-state index in [-0.39, 0.29) is 17.9 Å². The van der Waals surface area contributed by atoms with Crippen LogP contribution in [0.15, 0.2) is 48.7 Å². The number of hydrogen-bond donors (Lipinski definition) is 0. The van der Waals surface area contributed by atoms with Gasteiger partial charge in [-0.05, 0) is 75.1 Å². The standard InChI is InChI=1S/C26H28N6O3/c1-17-21(13-14-24(33)35-3)18(2)32(29-17)20-11-9-19(10-12-20)26(34)30-16-6-7-22(30)25-28-27-23-8-4-5-15-31(23)25/h4-5,8-12,15,22H,6-7,13-14,16H2,1-3H3/t22-/m1/s1. The van der Waals surface area contributed by atoms with Crippen molar-refractivity contribution in [2.24, 2.45) is 0 Å². The Morgan fingerprint density at radius 1 is 1.09 bits per heavy atom. The van der Waals surface area contributed by atoms with Gasteiger partial charge in [0.15, 0.2) is 11.5 Å². The molecule has 0 saturated carbocycles. The van der Waals surface area contributed by atoms with Gasteiger partial charge in [0, 0.05) is 30.4 Å². The number of nitrogens with zero attached hydrogens (tertiary/aromatic N) is 6. The second-order valence-corrected chi connectivity index (χ2v) is 8.83. The Bertz CT molecular complexity index is 1390. The van der Waals surface area contributed by atoms with E-state index >= 15 is 0 Å². The average Bonchev–Trinajstić information content (AvgIpc) is 3.59. The number of aryl methyl sites for hydroxylation is 1. The lowest BCUT2D eigenvalue weighted by Crippen LogP contribution is -2.31. The van der Waals surface area contributed by atoms with Crippen molar-refractivity contribution in [3.63, 3.8) is 0 Å². The highest BCUT2D eigenvalue weighted by atomic mass is 16.5. The number of carbonyl (C=O) groups is 2. The van der Waals surface area contributed by atoms with Crippen molar-refractivity contribution in [3.05, 3.63) is 77.0 Å². The van der Waals surface area contributed by atoms with Crippen molar-refractivity contribution in [1.29, 1.82) is 0 Å². The number of aromatic nitrogens is 5. The molecule has 1 aliphatic heterocycles. The minimum atomic E-state index is -0.237. The van der Waals surface area contributed by atoms with Crippen LogP contribution < -0.4 is 0 Å². The second kappa shape index (κ2) is 9.32. The molecular weight excluding hydrogens is 444 g/mol. The molecule has 0 radical (unpaired) electrons. The van der Waals surface area contributed by atoms with Gasteiger partial charge < -0.3 is 9.64 Å². The zero-order valence-corrected chi connectivity index (χ0v) is 20.1. The van der Waals surface area contributed by atoms with Crippen LogP contribution >= 0.6 is 0 Å². The number of methoxy groups -OCH3 is 1. The molecule has 0 unspecified atom stereocenters. The summed E-state index contributed by atoms with van der Waals surface area (Å²) < 4.78 is 8.58. The fraction of sp³-hybridized carbons (Fsp3) is 0.346. The van der Waals surface area contributed by atoms with Crippen molar-refractivity contribution < 1.29 is 14.3 Å². The van der Waals surface area contributed by atoms with E-state index in [1.807, 2.05) is 76.5 Å². The number of ether oxygens (including phenoxy) is 1. The highest BCUT2D eigenvalue weighted by molar-refractivity contribution is 5.94. The second-order valence-electron chi connectivity index (χ2n) is 8.83. The molecule has 1 aromatic carbocycles. The molecule has 0 aliphatic carbocycles. The number of carbonyl (C=O) groups excluding carboxylic acids is 2. The molecule has 3 aromatic heterocycles. The minimum absolute atomic E-state index is 0.0149. The first kappa shape index (κ1) is 22.8. The molecule has 1 atom stereocenters. The fourth-order valence-electron chi connectivity index (χ4n) is 4.89. The number of likely N-dealkylation sites (tertiary alicyclic amines) is 1. The zero-order chi connectivity index (χ0) is 24.5. The SMILES string of the molecule is COC(=O)CCc1c(C)nn(-c2ccc(C(=O)N3CCC[C@@H]3c3nnc4ccccn34)cc2)c1C. The zero-order valence-electron chi connectivity index (χ0n) is 20.1. The summed E-state index contributed by atoms with van der Waals surface area (Å²) in [5.41, 5.74) is 5.17. The predicted octanol–water partition coefficient (Wildman–Crippen LogP) is 3.61. The van der Waals surface area contributed by atoms with Gasteiger partial charge in [-0.1, -0.05) is 6.07 Å². The molecule has 0 bridgehead atoms. The highest BCUT2D eigenvalue weighted by Crippen LogP contribution is 2.32. The molecule has 1 aliphatic rings. The van der Waals surface area contributed by atoms with Crippen LogP contribution in [0.2, 0.25) is 0 Å². The number of benzene rings is 1. The first-order valence-electron chi connectivity index (χ1n) is 11.8. The normalized spacial score (nSPS) is 15.6. The average molecular weight is 473 g/mol. The molecule has 4 aromatic rings. The van der Waals surface area contributed by atoms with Crippen molar-refractivity contribution in [1.82, 2.24) is 29.3 Å². The largest absolute Gasteiger partial charge is 0.469 e. The highest BCUT2D eigenvalue weighted by Gasteiger charge is 2.33. The van der Waals surface area contributed by atoms with Gasteiger partial charge >= 0.3 is 5.97 Å². The third kappa shape index (κ3) is 4.18. The van der Waals surface area contributed by atoms with E-state index in [2.05, 4.69) is 15.3 Å². The summed E-state index contributed by atoms with van der Waals surface area (Å²) in [6, 6.07) is 13.2. The summed E-state index contributed by atoms with van der Waals surface area (Å²) in [6.45, 7) is 4.62. The molecule has 35 heavy (non-hydrogen) atoms. The molecule has 1 fully saturated rings. The van der Waals surface area contributed by atoms with Crippen molar-refractivity contribution in [2.45, 2.75) is 45.6 Å². The lowest BCUT2D eigenvalue weighted by atomic mass is 10.1. The van der Waals surface area contributed by atoms with E-state index in [0.29, 0.717) is 24.9 Å². The summed E-state index contributed by atoms with van der Waals surface area (Å²) in [5.74, 6) is 0.544. The van der Waals surface area contributed by atoms with Crippen molar-refractivity contribution in [3.8, 4) is 5.69 Å². The molecule has 5 rings (SSSR count). The van der Waals surface area contributed by atoms with E-state index in [4.69, 9.17) is 4.74 Å². The first-order chi connectivity index (χ1) is 17.0. The molecule has 9 heteroatoms. The maximum absolute atomic E-state index is 13.4. The summed E-state index contributed by atoms with van der Waals surface area (Å²) in [7, 11) is 1.40. The number of hydrogen-bond acceptors (Lipinski definition) is 6. The number of esters is 1. The van der Waals surface area contributed by atoms with Gasteiger partial charge in [-0.3, -0.25) is 14.0 Å². The fourth-order valence-corrected chi connectivity index (χ4v) is 4.89. The molecule has 4 heterocycles. The third-order valence-corrected chi connectivity index (χ3v) is 6.76. The summed E-state index contributed by atoms with van der Waals surface area (Å²) in [6.07, 6.45) is 4.62. The molecule has 0 N–H and O–H groups in total. The third-order valence-electron chi connectivity index (χ3n) is 6.76. The van der Waals surface area contributed by atoms with Gasteiger partial charge in [-0.15, -0.1) is 10.2 Å². The van der Waals surface area contributed by atoms with Crippen LogP contribution in [0, 0.1) is 13.8 Å². The van der Waals surface area contributed by atoms with Crippen molar-refractivity contribution in [2.75, 3.05) is 13.7 Å². The Labute approximate surface area is 203 Å². The molecule has 1 amide bonds. The maximum Gasteiger partial charge on any atom is 0.305 e. The molecule has 1 saturated heterocycles. The van der Waals surface area contributed by atoms with Crippen LogP contribution in [0.25, 0.3) is 11.3 Å². The van der Waals surface area contributed by atoms with E-state index < -0.39 is 0 Å². The Kier molecular flexibility index (Phi) is 6.07. The van der Waals surface area contributed by atoms with Crippen LogP contribution in [0.1, 0.15) is 58.4 Å². The van der Waals surface area contributed by atoms with Gasteiger partial charge in [0.05, 0.1) is 24.5 Å². The Morgan fingerprint density at radius 2 is 1.89 bits per heavy atom. The van der Waals surface area contributed by atoms with Crippen LogP contribution in [0.5, 0.6) is 0 Å². The van der Waals surface area contributed by atoms with Gasteiger partial charge in [0.1, 0.15) is 0 Å². The predicted molar refractivity (Wildman–Crippen MR) is 129 cm³/mol. The molecule has 0 spiro atoms. The van der Waals surface area contributed by atoms with Crippen LogP contribution in [0.4, 0.5) is 0 Å². The Morgan fingerprint density at radius 3 is 2.66 bits per heavy atom. The van der Waals surface area contributed by atoms with E-state index in [9.17, 15) is 9.59 Å². The lowest BCUT2D eigenvalue weighted by Gasteiger charge is -2.23. The Hall–Kier alpha value is -4.01. The molecule has 180 valence electrons. The van der Waals surface area contributed by atoms with Gasteiger partial charge in [-0.25, -0.2) is 4.68 Å². The molecule has 9 nitrogen and oxygen atoms in total. The minimum Gasteiger partial charge on any atom is -0.469 e. The van der Waals surface area contributed by atoms with E-state index in [1.165, 1.54) is 7.11 Å². The van der Waals surface area contributed by atoms with Crippen molar-refractivity contribution >= 4 is 17.5 Å². The summed E-state index contributed by atoms with van der Waals surface area (Å²) in [4.78, 5) is 26.9. The van der Waals surface area contributed by atoms with Gasteiger partial charge in [-0.2, -0.15) is 5.10 Å². The quantitative estimate of drug-likeness (QED) is 0.398. The number of pyridine rings is 1. The number of amides is 1. The summed E-state index contributed by atoms with van der Waals surface area (Å²) >= 11 is 0. The smallest absolute Gasteiger partial charge is 0.305 e. The monoisotopic (exact) mass is 472 g/mol. The maximum atomic E-state index is 13.4. The lowest BCUT2D eigenvalue weighted by molar-refractivity contribution is -0.140. The Balaban J connectivity index is 1.36. The first-order valence-corrected chi connectivity index (χ1v) is 11.8. The van der Waals surface area contributed by atoms with Gasteiger partial charge in [0.2, 0.25) is 0 Å². The number of rotatable bonds is 6. The summed E-state index contributed by atoms with van der Waals surface area (Å²) in [5, 5.41) is 13.3.